The summed E-state index contributed by atoms with van der Waals surface area (Å²) in [7, 11) is 0. The van der Waals surface area contributed by atoms with E-state index in [1.165, 1.54) is 12.1 Å². The molecule has 1 saturated carbocycles. The molecule has 8 heteroatoms. The zero-order valence-electron chi connectivity index (χ0n) is 10.7. The van der Waals surface area contributed by atoms with Gasteiger partial charge in [-0.1, -0.05) is 12.8 Å². The SMILES string of the molecule is O=C(O)CC1(NC(=O)c2ccc([N+](=O)[O-])[nH]2)CCCC1. The van der Waals surface area contributed by atoms with Crippen molar-refractivity contribution in [3.8, 4) is 0 Å². The lowest BCUT2D eigenvalue weighted by Crippen LogP contribution is -2.47. The number of carbonyl (C=O) groups is 2. The quantitative estimate of drug-likeness (QED) is 0.556. The topological polar surface area (TPSA) is 125 Å². The fourth-order valence-electron chi connectivity index (χ4n) is 2.62. The molecule has 1 aromatic rings. The number of aromatic nitrogens is 1. The van der Waals surface area contributed by atoms with E-state index in [9.17, 15) is 19.7 Å². The van der Waals surface area contributed by atoms with Gasteiger partial charge in [0.2, 0.25) is 0 Å². The maximum absolute atomic E-state index is 12.1. The van der Waals surface area contributed by atoms with E-state index in [0.717, 1.165) is 12.8 Å². The zero-order valence-corrected chi connectivity index (χ0v) is 10.7. The van der Waals surface area contributed by atoms with Crippen molar-refractivity contribution in [2.45, 2.75) is 37.6 Å². The van der Waals surface area contributed by atoms with Crippen molar-refractivity contribution in [2.24, 2.45) is 0 Å². The van der Waals surface area contributed by atoms with Crippen LogP contribution in [0.15, 0.2) is 12.1 Å². The number of hydrogen-bond acceptors (Lipinski definition) is 4. The van der Waals surface area contributed by atoms with Crippen LogP contribution in [0.2, 0.25) is 0 Å². The fourth-order valence-corrected chi connectivity index (χ4v) is 2.62. The summed E-state index contributed by atoms with van der Waals surface area (Å²) in [6.07, 6.45) is 2.79. The van der Waals surface area contributed by atoms with Gasteiger partial charge in [0.25, 0.3) is 5.91 Å². The Morgan fingerprint density at radius 1 is 1.40 bits per heavy atom. The van der Waals surface area contributed by atoms with Gasteiger partial charge in [0.1, 0.15) is 0 Å². The predicted octanol–water partition coefficient (Wildman–Crippen LogP) is 1.44. The Bertz CT molecular complexity index is 545. The van der Waals surface area contributed by atoms with Gasteiger partial charge in [-0.2, -0.15) is 0 Å². The maximum Gasteiger partial charge on any atom is 0.321 e. The number of aromatic amines is 1. The number of hydrogen-bond donors (Lipinski definition) is 3. The highest BCUT2D eigenvalue weighted by Crippen LogP contribution is 2.33. The van der Waals surface area contributed by atoms with E-state index in [2.05, 4.69) is 10.3 Å². The predicted molar refractivity (Wildman–Crippen MR) is 68.4 cm³/mol. The average Bonchev–Trinajstić information content (AvgIpc) is 2.96. The number of H-pyrrole nitrogens is 1. The lowest BCUT2D eigenvalue weighted by Gasteiger charge is -2.27. The van der Waals surface area contributed by atoms with Crippen molar-refractivity contribution in [1.82, 2.24) is 10.3 Å². The third-order valence-corrected chi connectivity index (χ3v) is 3.54. The van der Waals surface area contributed by atoms with E-state index < -0.39 is 22.3 Å². The number of carbonyl (C=O) groups excluding carboxylic acids is 1. The van der Waals surface area contributed by atoms with E-state index in [1.54, 1.807) is 0 Å². The fraction of sp³-hybridized carbons (Fsp3) is 0.500. The normalized spacial score (nSPS) is 16.8. The molecule has 1 aliphatic rings. The van der Waals surface area contributed by atoms with Crippen LogP contribution >= 0.6 is 0 Å². The van der Waals surface area contributed by atoms with E-state index >= 15 is 0 Å². The van der Waals surface area contributed by atoms with Gasteiger partial charge in [-0.05, 0) is 23.8 Å². The van der Waals surface area contributed by atoms with Crippen molar-refractivity contribution in [1.29, 1.82) is 0 Å². The van der Waals surface area contributed by atoms with Crippen molar-refractivity contribution < 1.29 is 19.6 Å². The molecule has 0 aliphatic heterocycles. The number of nitro groups is 1. The lowest BCUT2D eigenvalue weighted by molar-refractivity contribution is -0.389. The van der Waals surface area contributed by atoms with Gasteiger partial charge < -0.3 is 20.5 Å². The molecule has 1 heterocycles. The van der Waals surface area contributed by atoms with E-state index in [1.807, 2.05) is 0 Å². The first-order chi connectivity index (χ1) is 9.42. The van der Waals surface area contributed by atoms with Gasteiger partial charge in [-0.3, -0.25) is 9.59 Å². The summed E-state index contributed by atoms with van der Waals surface area (Å²) in [4.78, 5) is 35.3. The van der Waals surface area contributed by atoms with Crippen LogP contribution in [0.5, 0.6) is 0 Å². The first-order valence-electron chi connectivity index (χ1n) is 6.30. The number of amides is 1. The third kappa shape index (κ3) is 2.95. The van der Waals surface area contributed by atoms with E-state index in [4.69, 9.17) is 5.11 Å². The summed E-state index contributed by atoms with van der Waals surface area (Å²) in [6.45, 7) is 0. The molecule has 1 amide bonds. The summed E-state index contributed by atoms with van der Waals surface area (Å²) in [5.41, 5.74) is -0.684. The molecule has 8 nitrogen and oxygen atoms in total. The molecule has 1 aromatic heterocycles. The molecule has 0 bridgehead atoms. The van der Waals surface area contributed by atoms with Crippen molar-refractivity contribution in [3.63, 3.8) is 0 Å². The second kappa shape index (κ2) is 5.32. The average molecular weight is 281 g/mol. The van der Waals surface area contributed by atoms with Gasteiger partial charge in [0, 0.05) is 6.07 Å². The number of carboxylic acids is 1. The van der Waals surface area contributed by atoms with Crippen LogP contribution < -0.4 is 5.32 Å². The van der Waals surface area contributed by atoms with Crippen LogP contribution in [0.4, 0.5) is 5.82 Å². The van der Waals surface area contributed by atoms with Crippen molar-refractivity contribution >= 4 is 17.7 Å². The second-order valence-electron chi connectivity index (χ2n) is 5.03. The number of rotatable bonds is 5. The molecule has 20 heavy (non-hydrogen) atoms. The minimum absolute atomic E-state index is 0.0633. The Balaban J connectivity index is 2.11. The molecule has 0 atom stereocenters. The molecule has 0 radical (unpaired) electrons. The van der Waals surface area contributed by atoms with Crippen LogP contribution in [0.1, 0.15) is 42.6 Å². The Morgan fingerprint density at radius 3 is 2.55 bits per heavy atom. The maximum atomic E-state index is 12.1. The van der Waals surface area contributed by atoms with Gasteiger partial charge >= 0.3 is 11.8 Å². The highest BCUT2D eigenvalue weighted by molar-refractivity contribution is 5.93. The summed E-state index contributed by atoms with van der Waals surface area (Å²) >= 11 is 0. The summed E-state index contributed by atoms with van der Waals surface area (Å²) in [5, 5.41) is 22.2. The smallest absolute Gasteiger partial charge is 0.321 e. The zero-order chi connectivity index (χ0) is 14.8. The summed E-state index contributed by atoms with van der Waals surface area (Å²) < 4.78 is 0. The van der Waals surface area contributed by atoms with Crippen molar-refractivity contribution in [2.75, 3.05) is 0 Å². The first kappa shape index (κ1) is 14.0. The van der Waals surface area contributed by atoms with Gasteiger partial charge in [0.15, 0.2) is 5.69 Å². The Labute approximate surface area is 114 Å². The van der Waals surface area contributed by atoms with Crippen LogP contribution in [0, 0.1) is 10.1 Å². The molecule has 3 N–H and O–H groups in total. The molecule has 2 rings (SSSR count). The van der Waals surface area contributed by atoms with Gasteiger partial charge in [-0.25, -0.2) is 4.98 Å². The minimum Gasteiger partial charge on any atom is -0.481 e. The molecular formula is C12H15N3O5. The largest absolute Gasteiger partial charge is 0.481 e. The highest BCUT2D eigenvalue weighted by Gasteiger charge is 2.38. The molecule has 0 unspecified atom stereocenters. The number of nitrogens with one attached hydrogen (secondary N) is 2. The Kier molecular flexibility index (Phi) is 3.73. The molecule has 0 spiro atoms. The number of carboxylic acid groups (broad SMARTS) is 1. The van der Waals surface area contributed by atoms with E-state index in [0.29, 0.717) is 12.8 Å². The molecule has 1 fully saturated rings. The van der Waals surface area contributed by atoms with Crippen LogP contribution in [0.3, 0.4) is 0 Å². The minimum atomic E-state index is -0.968. The third-order valence-electron chi connectivity index (χ3n) is 3.54. The Hall–Kier alpha value is -2.38. The Morgan fingerprint density at radius 2 is 2.05 bits per heavy atom. The molecule has 0 saturated heterocycles. The van der Waals surface area contributed by atoms with E-state index in [-0.39, 0.29) is 17.9 Å². The second-order valence-corrected chi connectivity index (χ2v) is 5.03. The van der Waals surface area contributed by atoms with Crippen LogP contribution in [-0.4, -0.2) is 32.4 Å². The molecule has 1 aliphatic carbocycles. The van der Waals surface area contributed by atoms with Crippen molar-refractivity contribution in [3.05, 3.63) is 27.9 Å². The van der Waals surface area contributed by atoms with Gasteiger partial charge in [-0.15, -0.1) is 0 Å². The molecular weight excluding hydrogens is 266 g/mol. The number of aliphatic carboxylic acids is 1. The molecule has 0 aromatic carbocycles. The lowest BCUT2D eigenvalue weighted by atomic mass is 9.93. The summed E-state index contributed by atoms with van der Waals surface area (Å²) in [6, 6.07) is 2.52. The van der Waals surface area contributed by atoms with Gasteiger partial charge in [0.05, 0.1) is 12.0 Å². The first-order valence-corrected chi connectivity index (χ1v) is 6.30. The van der Waals surface area contributed by atoms with Crippen LogP contribution in [-0.2, 0) is 4.79 Å². The monoisotopic (exact) mass is 281 g/mol. The summed E-state index contributed by atoms with van der Waals surface area (Å²) in [5.74, 6) is -1.75. The van der Waals surface area contributed by atoms with Crippen LogP contribution in [0.25, 0.3) is 0 Å². The number of nitrogens with zero attached hydrogens (tertiary/aromatic N) is 1. The standard InChI is InChI=1S/C12H15N3O5/c16-10(17)7-12(5-1-2-6-12)14-11(18)8-3-4-9(13-8)15(19)20/h3-4,13H,1-2,5-7H2,(H,14,18)(H,16,17). The molecule has 108 valence electrons. The highest BCUT2D eigenvalue weighted by atomic mass is 16.6.